The number of nitro groups is 1. The Labute approximate surface area is 152 Å². The van der Waals surface area contributed by atoms with Gasteiger partial charge in [-0.15, -0.1) is 0 Å². The lowest BCUT2D eigenvalue weighted by Gasteiger charge is -2.06. The minimum absolute atomic E-state index is 0.0804. The molecule has 0 aliphatic heterocycles. The van der Waals surface area contributed by atoms with Crippen molar-refractivity contribution < 1.29 is 25.0 Å². The molecule has 0 amide bonds. The van der Waals surface area contributed by atoms with Crippen molar-refractivity contribution in [2.75, 3.05) is 0 Å². The van der Waals surface area contributed by atoms with Gasteiger partial charge >= 0.3 is 5.69 Å². The topological polar surface area (TPSA) is 134 Å². The maximum Gasteiger partial charge on any atom is 0.315 e. The number of hydrogen-bond acceptors (Lipinski definition) is 7. The molecule has 1 heterocycles. The van der Waals surface area contributed by atoms with Crippen LogP contribution in [0.4, 0.5) is 5.69 Å². The van der Waals surface area contributed by atoms with Crippen molar-refractivity contribution in [3.05, 3.63) is 63.3 Å². The second-order valence-electron chi connectivity index (χ2n) is 5.82. The van der Waals surface area contributed by atoms with Gasteiger partial charge in [0.15, 0.2) is 11.5 Å². The van der Waals surface area contributed by atoms with Crippen molar-refractivity contribution in [3.8, 4) is 17.2 Å². The summed E-state index contributed by atoms with van der Waals surface area (Å²) in [6.07, 6.45) is 2.99. The lowest BCUT2D eigenvalue weighted by Crippen LogP contribution is -1.95. The largest absolute Gasteiger partial charge is 0.506 e. The van der Waals surface area contributed by atoms with Crippen LogP contribution in [0.1, 0.15) is 28.5 Å². The van der Waals surface area contributed by atoms with Crippen LogP contribution in [0.2, 0.25) is 0 Å². The molecule has 136 valence electrons. The van der Waals surface area contributed by atoms with Crippen LogP contribution in [0.3, 0.4) is 0 Å². The lowest BCUT2D eigenvalue weighted by molar-refractivity contribution is -0.386. The molecule has 0 radical (unpaired) electrons. The fraction of sp³-hybridized carbons (Fsp3) is 0.0526. The van der Waals surface area contributed by atoms with E-state index in [1.54, 1.807) is 12.1 Å². The standard InChI is InChI=1S/C19H14N2O6/c1-10(22)13-6-7-16(23)18-14(13)5-4-12(20-18)3-2-11-8-15(21(26)27)19(25)17(24)9-11/h2-9,23-25H,1H3/b3-2+. The van der Waals surface area contributed by atoms with Crippen molar-refractivity contribution >= 4 is 34.5 Å². The Morgan fingerprint density at radius 3 is 2.48 bits per heavy atom. The van der Waals surface area contributed by atoms with Gasteiger partial charge in [-0.1, -0.05) is 6.08 Å². The highest BCUT2D eigenvalue weighted by molar-refractivity contribution is 6.07. The molecular weight excluding hydrogens is 352 g/mol. The van der Waals surface area contributed by atoms with Crippen molar-refractivity contribution in [1.82, 2.24) is 4.98 Å². The maximum atomic E-state index is 11.7. The smallest absolute Gasteiger partial charge is 0.315 e. The highest BCUT2D eigenvalue weighted by Crippen LogP contribution is 2.36. The van der Waals surface area contributed by atoms with E-state index in [9.17, 15) is 30.2 Å². The molecule has 2 aromatic carbocycles. The number of rotatable bonds is 4. The molecular formula is C19H14N2O6. The summed E-state index contributed by atoms with van der Waals surface area (Å²) in [7, 11) is 0. The first-order valence-corrected chi connectivity index (χ1v) is 7.80. The van der Waals surface area contributed by atoms with Crippen molar-refractivity contribution in [1.29, 1.82) is 0 Å². The summed E-state index contributed by atoms with van der Waals surface area (Å²) in [6.45, 7) is 1.42. The van der Waals surface area contributed by atoms with E-state index in [2.05, 4.69) is 4.98 Å². The molecule has 3 N–H and O–H groups in total. The SMILES string of the molecule is CC(=O)c1ccc(O)c2nc(/C=C/c3cc(O)c(O)c([N+](=O)[O-])c3)ccc12. The first kappa shape index (κ1) is 17.9. The molecule has 0 bridgehead atoms. The molecule has 27 heavy (non-hydrogen) atoms. The van der Waals surface area contributed by atoms with Crippen molar-refractivity contribution in [2.45, 2.75) is 6.92 Å². The summed E-state index contributed by atoms with van der Waals surface area (Å²) in [4.78, 5) is 26.1. The average Bonchev–Trinajstić information content (AvgIpc) is 2.62. The minimum Gasteiger partial charge on any atom is -0.506 e. The summed E-state index contributed by atoms with van der Waals surface area (Å²) in [5.41, 5.74) is 0.772. The molecule has 0 atom stereocenters. The first-order chi connectivity index (χ1) is 12.8. The van der Waals surface area contributed by atoms with Gasteiger partial charge in [-0.3, -0.25) is 14.9 Å². The van der Waals surface area contributed by atoms with E-state index in [1.807, 2.05) is 0 Å². The van der Waals surface area contributed by atoms with Crippen molar-refractivity contribution in [3.63, 3.8) is 0 Å². The number of nitrogens with zero attached hydrogens (tertiary/aromatic N) is 2. The molecule has 0 aliphatic carbocycles. The lowest BCUT2D eigenvalue weighted by atomic mass is 10.0. The van der Waals surface area contributed by atoms with Gasteiger partial charge < -0.3 is 15.3 Å². The number of carbonyl (C=O) groups is 1. The zero-order valence-corrected chi connectivity index (χ0v) is 14.1. The van der Waals surface area contributed by atoms with Crippen LogP contribution < -0.4 is 0 Å². The molecule has 0 unspecified atom stereocenters. The Kier molecular flexibility index (Phi) is 4.47. The molecule has 0 saturated heterocycles. The van der Waals surface area contributed by atoms with Crippen LogP contribution >= 0.6 is 0 Å². The van der Waals surface area contributed by atoms with E-state index in [1.165, 1.54) is 37.3 Å². The van der Waals surface area contributed by atoms with Gasteiger partial charge in [-0.05, 0) is 48.9 Å². The van der Waals surface area contributed by atoms with Crippen LogP contribution in [0.25, 0.3) is 23.1 Å². The number of phenols is 3. The number of aromatic hydroxyl groups is 3. The van der Waals surface area contributed by atoms with Gasteiger partial charge in [0.05, 0.1) is 10.6 Å². The third kappa shape index (κ3) is 3.40. The number of phenolic OH excluding ortho intramolecular Hbond substituents is 3. The van der Waals surface area contributed by atoms with E-state index >= 15 is 0 Å². The highest BCUT2D eigenvalue weighted by atomic mass is 16.6. The van der Waals surface area contributed by atoms with E-state index in [0.29, 0.717) is 16.6 Å². The average molecular weight is 366 g/mol. The fourth-order valence-electron chi connectivity index (χ4n) is 2.66. The number of Topliss-reactive ketones (excluding diaryl/α,β-unsaturated/α-hetero) is 1. The normalized spacial score (nSPS) is 11.1. The Balaban J connectivity index is 2.04. The summed E-state index contributed by atoms with van der Waals surface area (Å²) in [6, 6.07) is 8.47. The van der Waals surface area contributed by atoms with E-state index < -0.39 is 22.1 Å². The monoisotopic (exact) mass is 366 g/mol. The molecule has 1 aromatic heterocycles. The van der Waals surface area contributed by atoms with E-state index in [0.717, 1.165) is 6.07 Å². The van der Waals surface area contributed by atoms with Crippen LogP contribution in [0.15, 0.2) is 36.4 Å². The number of carbonyl (C=O) groups excluding carboxylic acids is 1. The molecule has 0 saturated carbocycles. The Bertz CT molecular complexity index is 1120. The van der Waals surface area contributed by atoms with Crippen LogP contribution in [-0.4, -0.2) is 31.0 Å². The van der Waals surface area contributed by atoms with Gasteiger partial charge in [0.1, 0.15) is 11.3 Å². The number of pyridine rings is 1. The highest BCUT2D eigenvalue weighted by Gasteiger charge is 2.18. The zero-order chi connectivity index (χ0) is 19.7. The third-order valence-electron chi connectivity index (χ3n) is 3.97. The number of fused-ring (bicyclic) bond motifs is 1. The summed E-state index contributed by atoms with van der Waals surface area (Å²) < 4.78 is 0. The predicted octanol–water partition coefficient (Wildman–Crippen LogP) is 3.63. The number of ketones is 1. The third-order valence-corrected chi connectivity index (χ3v) is 3.97. The molecule has 3 aromatic rings. The van der Waals surface area contributed by atoms with Gasteiger partial charge in [-0.25, -0.2) is 4.98 Å². The molecule has 3 rings (SSSR count). The quantitative estimate of drug-likeness (QED) is 0.278. The molecule has 0 aliphatic rings. The van der Waals surface area contributed by atoms with E-state index in [-0.39, 0.29) is 22.6 Å². The summed E-state index contributed by atoms with van der Waals surface area (Å²) in [5.74, 6) is -1.65. The van der Waals surface area contributed by atoms with Crippen LogP contribution in [0.5, 0.6) is 17.2 Å². The van der Waals surface area contributed by atoms with Crippen LogP contribution in [-0.2, 0) is 0 Å². The van der Waals surface area contributed by atoms with E-state index in [4.69, 9.17) is 0 Å². The Morgan fingerprint density at radius 2 is 1.81 bits per heavy atom. The van der Waals surface area contributed by atoms with Crippen LogP contribution in [0, 0.1) is 10.1 Å². The first-order valence-electron chi connectivity index (χ1n) is 7.80. The molecule has 8 nitrogen and oxygen atoms in total. The number of benzene rings is 2. The molecule has 8 heteroatoms. The second-order valence-corrected chi connectivity index (χ2v) is 5.82. The maximum absolute atomic E-state index is 11.7. The number of nitro benzene ring substituents is 1. The second kappa shape index (κ2) is 6.75. The predicted molar refractivity (Wildman–Crippen MR) is 98.8 cm³/mol. The number of aromatic nitrogens is 1. The minimum atomic E-state index is -0.804. The Morgan fingerprint density at radius 1 is 1.07 bits per heavy atom. The fourth-order valence-corrected chi connectivity index (χ4v) is 2.66. The summed E-state index contributed by atoms with van der Waals surface area (Å²) in [5, 5.41) is 40.6. The number of hydrogen-bond donors (Lipinski definition) is 3. The van der Waals surface area contributed by atoms with Gasteiger partial charge in [0.2, 0.25) is 5.75 Å². The Hall–Kier alpha value is -3.94. The van der Waals surface area contributed by atoms with Crippen molar-refractivity contribution in [2.24, 2.45) is 0 Å². The summed E-state index contributed by atoms with van der Waals surface area (Å²) >= 11 is 0. The van der Waals surface area contributed by atoms with Gasteiger partial charge in [-0.2, -0.15) is 0 Å². The van der Waals surface area contributed by atoms with Gasteiger partial charge in [0, 0.05) is 17.0 Å². The zero-order valence-electron chi connectivity index (χ0n) is 14.1. The molecule has 0 spiro atoms. The van der Waals surface area contributed by atoms with Gasteiger partial charge in [0.25, 0.3) is 0 Å². The molecule has 0 fully saturated rings.